The van der Waals surface area contributed by atoms with Gasteiger partial charge in [-0.05, 0) is 36.2 Å². The lowest BCUT2D eigenvalue weighted by Crippen LogP contribution is -2.52. The first-order valence-electron chi connectivity index (χ1n) is 10.4. The molecule has 1 amide bonds. The SMILES string of the molecule is CC[C@@H](Oc1ccccc1OC)C(=O)N1CCN(Cc2ccc3c(c2)OCO3)CC1. The molecule has 0 spiro atoms. The first kappa shape index (κ1) is 20.3. The molecule has 4 rings (SSSR count). The van der Waals surface area contributed by atoms with Crippen molar-refractivity contribution in [2.75, 3.05) is 40.1 Å². The van der Waals surface area contributed by atoms with Crippen LogP contribution in [0.1, 0.15) is 18.9 Å². The fourth-order valence-corrected chi connectivity index (χ4v) is 3.81. The highest BCUT2D eigenvalue weighted by molar-refractivity contribution is 5.81. The summed E-state index contributed by atoms with van der Waals surface area (Å²) in [5.74, 6) is 2.88. The van der Waals surface area contributed by atoms with Crippen molar-refractivity contribution >= 4 is 5.91 Å². The van der Waals surface area contributed by atoms with E-state index in [4.69, 9.17) is 18.9 Å². The molecule has 2 aromatic rings. The number of carbonyl (C=O) groups is 1. The monoisotopic (exact) mass is 412 g/mol. The molecule has 0 unspecified atom stereocenters. The average molecular weight is 412 g/mol. The van der Waals surface area contributed by atoms with Gasteiger partial charge in [0.05, 0.1) is 7.11 Å². The number of rotatable bonds is 7. The van der Waals surface area contributed by atoms with Gasteiger partial charge in [0.2, 0.25) is 6.79 Å². The zero-order valence-electron chi connectivity index (χ0n) is 17.5. The van der Waals surface area contributed by atoms with Gasteiger partial charge < -0.3 is 23.8 Å². The van der Waals surface area contributed by atoms with E-state index in [9.17, 15) is 4.79 Å². The molecule has 1 fully saturated rings. The Labute approximate surface area is 177 Å². The number of benzene rings is 2. The molecule has 0 bridgehead atoms. The number of piperazine rings is 1. The van der Waals surface area contributed by atoms with Crippen LogP contribution in [-0.4, -0.2) is 61.9 Å². The predicted octanol–water partition coefficient (Wildman–Crippen LogP) is 2.93. The zero-order chi connectivity index (χ0) is 20.9. The number of para-hydroxylation sites is 2. The Hall–Kier alpha value is -2.93. The Morgan fingerprint density at radius 1 is 1.03 bits per heavy atom. The largest absolute Gasteiger partial charge is 0.493 e. The van der Waals surface area contributed by atoms with E-state index in [1.165, 1.54) is 5.56 Å². The van der Waals surface area contributed by atoms with Crippen LogP contribution in [0.15, 0.2) is 42.5 Å². The van der Waals surface area contributed by atoms with Crippen LogP contribution in [-0.2, 0) is 11.3 Å². The molecule has 1 saturated heterocycles. The van der Waals surface area contributed by atoms with E-state index in [1.54, 1.807) is 7.11 Å². The maximum atomic E-state index is 13.0. The lowest BCUT2D eigenvalue weighted by Gasteiger charge is -2.36. The number of nitrogens with zero attached hydrogens (tertiary/aromatic N) is 2. The topological polar surface area (TPSA) is 60.5 Å². The second-order valence-corrected chi connectivity index (χ2v) is 7.45. The van der Waals surface area contributed by atoms with Gasteiger partial charge in [-0.2, -0.15) is 0 Å². The van der Waals surface area contributed by atoms with E-state index >= 15 is 0 Å². The van der Waals surface area contributed by atoms with E-state index in [-0.39, 0.29) is 12.7 Å². The fraction of sp³-hybridized carbons (Fsp3) is 0.435. The maximum absolute atomic E-state index is 13.0. The van der Waals surface area contributed by atoms with Crippen LogP contribution in [0.25, 0.3) is 0 Å². The third kappa shape index (κ3) is 4.46. The molecule has 2 aromatic carbocycles. The number of ether oxygens (including phenoxy) is 4. The molecular formula is C23H28N2O5. The molecule has 160 valence electrons. The van der Waals surface area contributed by atoms with Crippen LogP contribution in [0.4, 0.5) is 0 Å². The summed E-state index contributed by atoms with van der Waals surface area (Å²) in [6.45, 7) is 6.11. The molecular weight excluding hydrogens is 384 g/mol. The van der Waals surface area contributed by atoms with Crippen molar-refractivity contribution in [2.45, 2.75) is 26.0 Å². The van der Waals surface area contributed by atoms with Crippen molar-refractivity contribution in [2.24, 2.45) is 0 Å². The van der Waals surface area contributed by atoms with E-state index in [1.807, 2.05) is 48.2 Å². The number of fused-ring (bicyclic) bond motifs is 1. The zero-order valence-corrected chi connectivity index (χ0v) is 17.5. The molecule has 0 radical (unpaired) electrons. The molecule has 0 N–H and O–H groups in total. The highest BCUT2D eigenvalue weighted by atomic mass is 16.7. The predicted molar refractivity (Wildman–Crippen MR) is 112 cm³/mol. The third-order valence-corrected chi connectivity index (χ3v) is 5.51. The minimum Gasteiger partial charge on any atom is -0.493 e. The van der Waals surface area contributed by atoms with Crippen molar-refractivity contribution < 1.29 is 23.7 Å². The van der Waals surface area contributed by atoms with Crippen LogP contribution in [0.2, 0.25) is 0 Å². The van der Waals surface area contributed by atoms with Gasteiger partial charge in [-0.15, -0.1) is 0 Å². The second-order valence-electron chi connectivity index (χ2n) is 7.45. The second kappa shape index (κ2) is 9.26. The Morgan fingerprint density at radius 2 is 1.77 bits per heavy atom. The molecule has 0 aliphatic carbocycles. The number of hydrogen-bond donors (Lipinski definition) is 0. The van der Waals surface area contributed by atoms with E-state index in [0.717, 1.165) is 31.1 Å². The van der Waals surface area contributed by atoms with Gasteiger partial charge in [0.15, 0.2) is 29.1 Å². The lowest BCUT2D eigenvalue weighted by molar-refractivity contribution is -0.140. The Balaban J connectivity index is 1.32. The van der Waals surface area contributed by atoms with Gasteiger partial charge >= 0.3 is 0 Å². The van der Waals surface area contributed by atoms with Gasteiger partial charge in [-0.25, -0.2) is 0 Å². The fourth-order valence-electron chi connectivity index (χ4n) is 3.81. The van der Waals surface area contributed by atoms with Crippen LogP contribution in [0, 0.1) is 0 Å². The van der Waals surface area contributed by atoms with Crippen molar-refractivity contribution in [1.29, 1.82) is 0 Å². The molecule has 0 aromatic heterocycles. The smallest absolute Gasteiger partial charge is 0.263 e. The summed E-state index contributed by atoms with van der Waals surface area (Å²) in [5.41, 5.74) is 1.19. The third-order valence-electron chi connectivity index (χ3n) is 5.51. The van der Waals surface area contributed by atoms with Crippen LogP contribution < -0.4 is 18.9 Å². The summed E-state index contributed by atoms with van der Waals surface area (Å²) in [6.07, 6.45) is 0.0931. The van der Waals surface area contributed by atoms with E-state index in [2.05, 4.69) is 11.0 Å². The van der Waals surface area contributed by atoms with Crippen LogP contribution in [0.5, 0.6) is 23.0 Å². The molecule has 0 saturated carbocycles. The Kier molecular flexibility index (Phi) is 6.28. The van der Waals surface area contributed by atoms with Gasteiger partial charge in [0.1, 0.15) is 0 Å². The normalized spacial score (nSPS) is 16.9. The van der Waals surface area contributed by atoms with Crippen molar-refractivity contribution in [1.82, 2.24) is 9.80 Å². The first-order chi connectivity index (χ1) is 14.7. The van der Waals surface area contributed by atoms with Gasteiger partial charge in [0, 0.05) is 32.7 Å². The van der Waals surface area contributed by atoms with Crippen LogP contribution in [0.3, 0.4) is 0 Å². The molecule has 2 aliphatic heterocycles. The number of amides is 1. The van der Waals surface area contributed by atoms with Crippen molar-refractivity contribution in [3.63, 3.8) is 0 Å². The number of carbonyl (C=O) groups excluding carboxylic acids is 1. The van der Waals surface area contributed by atoms with Crippen LogP contribution >= 0.6 is 0 Å². The highest BCUT2D eigenvalue weighted by Gasteiger charge is 2.28. The summed E-state index contributed by atoms with van der Waals surface area (Å²) in [7, 11) is 1.60. The highest BCUT2D eigenvalue weighted by Crippen LogP contribution is 2.33. The number of methoxy groups -OCH3 is 1. The Bertz CT molecular complexity index is 880. The van der Waals surface area contributed by atoms with Gasteiger partial charge in [-0.3, -0.25) is 9.69 Å². The number of hydrogen-bond acceptors (Lipinski definition) is 6. The molecule has 2 aliphatic rings. The maximum Gasteiger partial charge on any atom is 0.263 e. The standard InChI is InChI=1S/C23H28N2O5/c1-3-18(30-21-7-5-4-6-19(21)27-2)23(26)25-12-10-24(11-13-25)15-17-8-9-20-22(14-17)29-16-28-20/h4-9,14,18H,3,10-13,15-16H2,1-2H3/t18-/m1/s1. The summed E-state index contributed by atoms with van der Waals surface area (Å²) in [6, 6.07) is 13.5. The minimum absolute atomic E-state index is 0.0335. The molecule has 30 heavy (non-hydrogen) atoms. The summed E-state index contributed by atoms with van der Waals surface area (Å²) < 4.78 is 22.2. The average Bonchev–Trinajstić information content (AvgIpc) is 3.25. The lowest BCUT2D eigenvalue weighted by atomic mass is 10.1. The van der Waals surface area contributed by atoms with E-state index in [0.29, 0.717) is 31.0 Å². The van der Waals surface area contributed by atoms with Gasteiger partial charge in [-0.1, -0.05) is 25.1 Å². The quantitative estimate of drug-likeness (QED) is 0.697. The molecule has 7 nitrogen and oxygen atoms in total. The minimum atomic E-state index is -0.512. The molecule has 2 heterocycles. The first-order valence-corrected chi connectivity index (χ1v) is 10.4. The molecule has 7 heteroatoms. The van der Waals surface area contributed by atoms with Crippen molar-refractivity contribution in [3.8, 4) is 23.0 Å². The summed E-state index contributed by atoms with van der Waals surface area (Å²) in [4.78, 5) is 17.3. The summed E-state index contributed by atoms with van der Waals surface area (Å²) >= 11 is 0. The van der Waals surface area contributed by atoms with Crippen molar-refractivity contribution in [3.05, 3.63) is 48.0 Å². The molecule has 1 atom stereocenters. The Morgan fingerprint density at radius 3 is 2.50 bits per heavy atom. The van der Waals surface area contributed by atoms with Gasteiger partial charge in [0.25, 0.3) is 5.91 Å². The summed E-state index contributed by atoms with van der Waals surface area (Å²) in [5, 5.41) is 0. The van der Waals surface area contributed by atoms with E-state index < -0.39 is 6.10 Å².